The lowest BCUT2D eigenvalue weighted by atomic mass is 10.0. The molecule has 2 rings (SSSR count). The lowest BCUT2D eigenvalue weighted by Gasteiger charge is -2.25. The Bertz CT molecular complexity index is 1080. The van der Waals surface area contributed by atoms with Gasteiger partial charge in [-0.15, -0.1) is 0 Å². The fraction of sp³-hybridized carbons (Fsp3) is 0.435. The molecule has 1 heterocycles. The van der Waals surface area contributed by atoms with E-state index in [1.807, 2.05) is 38.1 Å². The summed E-state index contributed by atoms with van der Waals surface area (Å²) in [6, 6.07) is 3.99. The minimum absolute atomic E-state index is 0.00141. The number of primary amides is 1. The highest BCUT2D eigenvalue weighted by Crippen LogP contribution is 2.19. The topological polar surface area (TPSA) is 209 Å². The number of rotatable bonds is 13. The Kier molecular flexibility index (Phi) is 9.76. The van der Waals surface area contributed by atoms with E-state index in [1.165, 1.54) is 0 Å². The predicted octanol–water partition coefficient (Wildman–Crippen LogP) is -0.870. The molecule has 0 spiro atoms. The second-order valence-electron chi connectivity index (χ2n) is 8.70. The van der Waals surface area contributed by atoms with E-state index in [2.05, 4.69) is 20.9 Å². The first-order valence-corrected chi connectivity index (χ1v) is 11.2. The molecule has 0 aliphatic carbocycles. The van der Waals surface area contributed by atoms with Gasteiger partial charge in [0, 0.05) is 23.5 Å². The summed E-state index contributed by atoms with van der Waals surface area (Å²) in [5.41, 5.74) is 12.4. The van der Waals surface area contributed by atoms with Crippen LogP contribution in [0.1, 0.15) is 32.3 Å². The van der Waals surface area contributed by atoms with Gasteiger partial charge in [-0.2, -0.15) is 0 Å². The van der Waals surface area contributed by atoms with Crippen molar-refractivity contribution in [3.8, 4) is 0 Å². The number of fused-ring (bicyclic) bond motifs is 1. The molecule has 0 fully saturated rings. The number of aliphatic carboxylic acids is 1. The molecule has 4 amide bonds. The molecular weight excluding hydrogens is 456 g/mol. The number of nitrogens with one attached hydrogen (secondary N) is 4. The maximum atomic E-state index is 13.3. The van der Waals surface area contributed by atoms with Crippen LogP contribution >= 0.6 is 0 Å². The maximum absolute atomic E-state index is 13.3. The molecule has 9 N–H and O–H groups in total. The normalized spacial score (nSPS) is 13.6. The average molecular weight is 489 g/mol. The Labute approximate surface area is 202 Å². The lowest BCUT2D eigenvalue weighted by Crippen LogP contribution is -2.57. The largest absolute Gasteiger partial charge is 0.480 e. The van der Waals surface area contributed by atoms with Crippen LogP contribution in [0.2, 0.25) is 0 Å². The Hall–Kier alpha value is -3.93. The number of para-hydroxylation sites is 1. The van der Waals surface area contributed by atoms with Gasteiger partial charge in [-0.05, 0) is 24.0 Å². The van der Waals surface area contributed by atoms with Crippen molar-refractivity contribution >= 4 is 40.5 Å². The van der Waals surface area contributed by atoms with E-state index in [1.54, 1.807) is 6.20 Å². The van der Waals surface area contributed by atoms with Gasteiger partial charge in [0.2, 0.25) is 23.6 Å². The number of carbonyl (C=O) groups is 5. The Morgan fingerprint density at radius 3 is 2.29 bits per heavy atom. The summed E-state index contributed by atoms with van der Waals surface area (Å²) in [7, 11) is 0. The minimum atomic E-state index is -1.25. The highest BCUT2D eigenvalue weighted by Gasteiger charge is 2.30. The smallest absolute Gasteiger partial charge is 0.322 e. The summed E-state index contributed by atoms with van der Waals surface area (Å²) in [6.45, 7) is 3.09. The molecule has 0 bridgehead atoms. The van der Waals surface area contributed by atoms with Crippen LogP contribution in [0.5, 0.6) is 0 Å². The SMILES string of the molecule is CC(C)CC(NC(=O)C(Cc1c[nH]c2ccccc12)NC(=O)C(N)CC(N)=O)C(=O)NCC(=O)O. The summed E-state index contributed by atoms with van der Waals surface area (Å²) in [4.78, 5) is 63.5. The fourth-order valence-electron chi connectivity index (χ4n) is 3.58. The number of benzene rings is 1. The Balaban J connectivity index is 2.27. The van der Waals surface area contributed by atoms with Gasteiger partial charge in [-0.3, -0.25) is 24.0 Å². The van der Waals surface area contributed by atoms with Crippen LogP contribution in [0.15, 0.2) is 30.5 Å². The van der Waals surface area contributed by atoms with Crippen LogP contribution in [0.4, 0.5) is 0 Å². The number of hydrogen-bond donors (Lipinski definition) is 7. The average Bonchev–Trinajstić information content (AvgIpc) is 3.18. The summed E-state index contributed by atoms with van der Waals surface area (Å²) < 4.78 is 0. The number of carboxylic acid groups (broad SMARTS) is 1. The van der Waals surface area contributed by atoms with Crippen molar-refractivity contribution in [3.05, 3.63) is 36.0 Å². The molecule has 12 nitrogen and oxygen atoms in total. The van der Waals surface area contributed by atoms with E-state index >= 15 is 0 Å². The third kappa shape index (κ3) is 8.41. The van der Waals surface area contributed by atoms with Crippen LogP contribution in [-0.2, 0) is 30.4 Å². The zero-order valence-corrected chi connectivity index (χ0v) is 19.7. The zero-order chi connectivity index (χ0) is 26.1. The first kappa shape index (κ1) is 27.3. The van der Waals surface area contributed by atoms with Crippen LogP contribution in [-0.4, -0.2) is 64.4 Å². The van der Waals surface area contributed by atoms with Crippen molar-refractivity contribution in [2.24, 2.45) is 17.4 Å². The first-order chi connectivity index (χ1) is 16.5. The van der Waals surface area contributed by atoms with Crippen LogP contribution in [0.25, 0.3) is 10.9 Å². The van der Waals surface area contributed by atoms with Crippen molar-refractivity contribution in [3.63, 3.8) is 0 Å². The number of amides is 4. The molecule has 2 aromatic rings. The van der Waals surface area contributed by atoms with Gasteiger partial charge in [-0.1, -0.05) is 32.0 Å². The minimum Gasteiger partial charge on any atom is -0.480 e. The van der Waals surface area contributed by atoms with Gasteiger partial charge in [-0.25, -0.2) is 0 Å². The van der Waals surface area contributed by atoms with Gasteiger partial charge in [0.05, 0.1) is 12.5 Å². The summed E-state index contributed by atoms with van der Waals surface area (Å²) in [6.07, 6.45) is 1.62. The second-order valence-corrected chi connectivity index (χ2v) is 8.70. The van der Waals surface area contributed by atoms with E-state index in [4.69, 9.17) is 16.6 Å². The molecule has 35 heavy (non-hydrogen) atoms. The van der Waals surface area contributed by atoms with Gasteiger partial charge in [0.25, 0.3) is 0 Å². The standard InChI is InChI=1S/C23H32N6O6/c1-12(2)7-17(22(34)27-11-20(31)32)29-23(35)18(28-21(33)15(24)9-19(25)30)8-13-10-26-16-6-4-3-5-14(13)16/h3-6,10,12,15,17-18,26H,7-9,11,24H2,1-2H3,(H2,25,30)(H,27,34)(H,28,33)(H,29,35)(H,31,32). The third-order valence-electron chi connectivity index (χ3n) is 5.24. The van der Waals surface area contributed by atoms with Gasteiger partial charge in [0.15, 0.2) is 0 Å². The van der Waals surface area contributed by atoms with Gasteiger partial charge < -0.3 is 37.5 Å². The predicted molar refractivity (Wildman–Crippen MR) is 128 cm³/mol. The van der Waals surface area contributed by atoms with E-state index in [0.29, 0.717) is 0 Å². The highest BCUT2D eigenvalue weighted by molar-refractivity contribution is 5.95. The van der Waals surface area contributed by atoms with Crippen molar-refractivity contribution in [1.82, 2.24) is 20.9 Å². The maximum Gasteiger partial charge on any atom is 0.322 e. The van der Waals surface area contributed by atoms with E-state index in [9.17, 15) is 24.0 Å². The molecule has 1 aromatic carbocycles. The first-order valence-electron chi connectivity index (χ1n) is 11.2. The van der Waals surface area contributed by atoms with Crippen molar-refractivity contribution < 1.29 is 29.1 Å². The molecule has 12 heteroatoms. The molecular formula is C23H32N6O6. The summed E-state index contributed by atoms with van der Waals surface area (Å²) in [5, 5.41) is 17.1. The van der Waals surface area contributed by atoms with E-state index in [0.717, 1.165) is 16.5 Å². The molecule has 0 saturated carbocycles. The fourth-order valence-corrected chi connectivity index (χ4v) is 3.58. The summed E-state index contributed by atoms with van der Waals surface area (Å²) >= 11 is 0. The number of nitrogens with two attached hydrogens (primary N) is 2. The lowest BCUT2D eigenvalue weighted by molar-refractivity contribution is -0.138. The number of aromatic amines is 1. The highest BCUT2D eigenvalue weighted by atomic mass is 16.4. The molecule has 0 radical (unpaired) electrons. The van der Waals surface area contributed by atoms with Crippen molar-refractivity contribution in [2.75, 3.05) is 6.54 Å². The molecule has 190 valence electrons. The van der Waals surface area contributed by atoms with Crippen LogP contribution < -0.4 is 27.4 Å². The Morgan fingerprint density at radius 2 is 1.66 bits per heavy atom. The second kappa shape index (κ2) is 12.5. The van der Waals surface area contributed by atoms with E-state index < -0.39 is 60.7 Å². The summed E-state index contributed by atoms with van der Waals surface area (Å²) in [5.74, 6) is -4.05. The number of aromatic nitrogens is 1. The molecule has 3 atom stereocenters. The van der Waals surface area contributed by atoms with Gasteiger partial charge in [0.1, 0.15) is 18.6 Å². The van der Waals surface area contributed by atoms with Crippen LogP contribution in [0.3, 0.4) is 0 Å². The molecule has 0 saturated heterocycles. The molecule has 1 aromatic heterocycles. The number of carboxylic acids is 1. The van der Waals surface area contributed by atoms with Gasteiger partial charge >= 0.3 is 5.97 Å². The molecule has 0 aliphatic rings. The zero-order valence-electron chi connectivity index (χ0n) is 19.7. The number of hydrogen-bond acceptors (Lipinski definition) is 6. The quantitative estimate of drug-likeness (QED) is 0.189. The molecule has 3 unspecified atom stereocenters. The monoisotopic (exact) mass is 488 g/mol. The Morgan fingerprint density at radius 1 is 1.00 bits per heavy atom. The van der Waals surface area contributed by atoms with Crippen LogP contribution in [0, 0.1) is 5.92 Å². The number of carbonyl (C=O) groups excluding carboxylic acids is 4. The van der Waals surface area contributed by atoms with Crippen molar-refractivity contribution in [1.29, 1.82) is 0 Å². The third-order valence-corrected chi connectivity index (χ3v) is 5.24. The molecule has 0 aliphatic heterocycles. The van der Waals surface area contributed by atoms with E-state index in [-0.39, 0.29) is 18.8 Å². The van der Waals surface area contributed by atoms with Crippen molar-refractivity contribution in [2.45, 2.75) is 51.2 Å². The number of H-pyrrole nitrogens is 1.